The summed E-state index contributed by atoms with van der Waals surface area (Å²) in [5.41, 5.74) is 1.07. The summed E-state index contributed by atoms with van der Waals surface area (Å²) in [6.07, 6.45) is 1.78. The highest BCUT2D eigenvalue weighted by Gasteiger charge is 2.04. The fourth-order valence-electron chi connectivity index (χ4n) is 1.40. The van der Waals surface area contributed by atoms with Gasteiger partial charge in [-0.05, 0) is 37.5 Å². The highest BCUT2D eigenvalue weighted by molar-refractivity contribution is 6.30. The van der Waals surface area contributed by atoms with Crippen LogP contribution in [0.25, 0.3) is 0 Å². The molecule has 0 saturated carbocycles. The number of benzene rings is 1. The van der Waals surface area contributed by atoms with Gasteiger partial charge in [0.15, 0.2) is 0 Å². The van der Waals surface area contributed by atoms with Crippen LogP contribution in [0.3, 0.4) is 0 Å². The molecule has 1 rings (SSSR count). The van der Waals surface area contributed by atoms with Crippen LogP contribution in [-0.4, -0.2) is 11.2 Å². The number of aliphatic hydroxyl groups excluding tert-OH is 1. The first-order valence-corrected chi connectivity index (χ1v) is 5.42. The van der Waals surface area contributed by atoms with Crippen molar-refractivity contribution in [1.82, 2.24) is 0 Å². The lowest BCUT2D eigenvalue weighted by Crippen LogP contribution is -2.09. The maximum atomic E-state index is 9.71. The summed E-state index contributed by atoms with van der Waals surface area (Å²) >= 11 is 5.85. The third-order valence-electron chi connectivity index (χ3n) is 2.14. The van der Waals surface area contributed by atoms with Crippen LogP contribution in [0.2, 0.25) is 5.02 Å². The standard InChI is InChI=1S/C13H15ClO/c1-2-3-4-8-13(15)10-11-6-5-7-12(14)9-11/h5-7,9,13,15H,4,8,10H2,1H3. The summed E-state index contributed by atoms with van der Waals surface area (Å²) in [5.74, 6) is 5.75. The maximum Gasteiger partial charge on any atom is 0.0589 e. The highest BCUT2D eigenvalue weighted by Crippen LogP contribution is 2.13. The molecule has 1 nitrogen and oxygen atoms in total. The van der Waals surface area contributed by atoms with Gasteiger partial charge in [0.1, 0.15) is 0 Å². The Morgan fingerprint density at radius 3 is 2.93 bits per heavy atom. The van der Waals surface area contributed by atoms with Gasteiger partial charge >= 0.3 is 0 Å². The van der Waals surface area contributed by atoms with E-state index < -0.39 is 0 Å². The number of aliphatic hydroxyl groups is 1. The zero-order chi connectivity index (χ0) is 11.1. The average molecular weight is 223 g/mol. The van der Waals surface area contributed by atoms with Gasteiger partial charge < -0.3 is 5.11 Å². The Morgan fingerprint density at radius 2 is 2.27 bits per heavy atom. The summed E-state index contributed by atoms with van der Waals surface area (Å²) in [6.45, 7) is 1.81. The van der Waals surface area contributed by atoms with E-state index in [4.69, 9.17) is 11.6 Å². The molecule has 0 spiro atoms. The third-order valence-corrected chi connectivity index (χ3v) is 2.37. The SMILES string of the molecule is CC#CCCC(O)Cc1cccc(Cl)c1. The molecule has 0 aliphatic heterocycles. The lowest BCUT2D eigenvalue weighted by atomic mass is 10.0. The fourth-order valence-corrected chi connectivity index (χ4v) is 1.61. The van der Waals surface area contributed by atoms with Crippen LogP contribution in [-0.2, 0) is 6.42 Å². The Bertz CT molecular complexity index is 362. The molecule has 0 aliphatic carbocycles. The third kappa shape index (κ3) is 4.88. The van der Waals surface area contributed by atoms with E-state index in [0.717, 1.165) is 12.0 Å². The molecule has 0 heterocycles. The second kappa shape index (κ2) is 6.50. The van der Waals surface area contributed by atoms with E-state index in [-0.39, 0.29) is 6.10 Å². The predicted octanol–water partition coefficient (Wildman–Crippen LogP) is 3.05. The lowest BCUT2D eigenvalue weighted by molar-refractivity contribution is 0.167. The molecule has 2 heteroatoms. The molecular weight excluding hydrogens is 208 g/mol. The van der Waals surface area contributed by atoms with Gasteiger partial charge in [-0.25, -0.2) is 0 Å². The Balaban J connectivity index is 2.42. The van der Waals surface area contributed by atoms with Crippen LogP contribution in [0.15, 0.2) is 24.3 Å². The number of hydrogen-bond donors (Lipinski definition) is 1. The van der Waals surface area contributed by atoms with Crippen LogP contribution in [0.4, 0.5) is 0 Å². The molecule has 15 heavy (non-hydrogen) atoms. The summed E-state index contributed by atoms with van der Waals surface area (Å²) in [4.78, 5) is 0. The van der Waals surface area contributed by atoms with Gasteiger partial charge in [0.25, 0.3) is 0 Å². The molecule has 0 radical (unpaired) electrons. The van der Waals surface area contributed by atoms with Crippen LogP contribution < -0.4 is 0 Å². The molecular formula is C13H15ClO. The number of halogens is 1. The Hall–Kier alpha value is -0.970. The van der Waals surface area contributed by atoms with Crippen LogP contribution >= 0.6 is 11.6 Å². The van der Waals surface area contributed by atoms with Crippen molar-refractivity contribution in [2.45, 2.75) is 32.3 Å². The van der Waals surface area contributed by atoms with Crippen molar-refractivity contribution >= 4 is 11.6 Å². The minimum absolute atomic E-state index is 0.329. The van der Waals surface area contributed by atoms with E-state index in [2.05, 4.69) is 11.8 Å². The van der Waals surface area contributed by atoms with Gasteiger partial charge in [-0.3, -0.25) is 0 Å². The van der Waals surface area contributed by atoms with Crippen LogP contribution in [0.1, 0.15) is 25.3 Å². The largest absolute Gasteiger partial charge is 0.393 e. The van der Waals surface area contributed by atoms with E-state index >= 15 is 0 Å². The average Bonchev–Trinajstić information content (AvgIpc) is 2.18. The summed E-state index contributed by atoms with van der Waals surface area (Å²) in [5, 5.41) is 10.4. The van der Waals surface area contributed by atoms with Crippen molar-refractivity contribution in [2.24, 2.45) is 0 Å². The van der Waals surface area contributed by atoms with Crippen LogP contribution in [0, 0.1) is 11.8 Å². The first-order chi connectivity index (χ1) is 7.22. The number of hydrogen-bond acceptors (Lipinski definition) is 1. The first kappa shape index (κ1) is 12.1. The van der Waals surface area contributed by atoms with Crippen molar-refractivity contribution in [3.8, 4) is 11.8 Å². The Labute approximate surface area is 96.1 Å². The lowest BCUT2D eigenvalue weighted by Gasteiger charge is -2.08. The molecule has 80 valence electrons. The van der Waals surface area contributed by atoms with E-state index in [1.54, 1.807) is 0 Å². The van der Waals surface area contributed by atoms with Crippen molar-refractivity contribution in [2.75, 3.05) is 0 Å². The fraction of sp³-hybridized carbons (Fsp3) is 0.385. The minimum Gasteiger partial charge on any atom is -0.393 e. The Morgan fingerprint density at radius 1 is 1.47 bits per heavy atom. The van der Waals surface area contributed by atoms with Crippen molar-refractivity contribution < 1.29 is 5.11 Å². The topological polar surface area (TPSA) is 20.2 Å². The van der Waals surface area contributed by atoms with Gasteiger partial charge in [-0.1, -0.05) is 23.7 Å². The Kier molecular flexibility index (Phi) is 5.25. The maximum absolute atomic E-state index is 9.71. The van der Waals surface area contributed by atoms with Gasteiger partial charge in [-0.2, -0.15) is 0 Å². The molecule has 0 amide bonds. The molecule has 0 aliphatic rings. The van der Waals surface area contributed by atoms with Crippen molar-refractivity contribution in [3.05, 3.63) is 34.9 Å². The molecule has 1 N–H and O–H groups in total. The molecule has 0 fully saturated rings. The molecule has 0 saturated heterocycles. The normalized spacial score (nSPS) is 11.7. The van der Waals surface area contributed by atoms with Crippen molar-refractivity contribution in [1.29, 1.82) is 0 Å². The molecule has 0 aromatic heterocycles. The second-order valence-electron chi connectivity index (χ2n) is 3.45. The van der Waals surface area contributed by atoms with E-state index in [1.165, 1.54) is 0 Å². The first-order valence-electron chi connectivity index (χ1n) is 5.04. The molecule has 1 atom stereocenters. The van der Waals surface area contributed by atoms with Crippen LogP contribution in [0.5, 0.6) is 0 Å². The van der Waals surface area contributed by atoms with Crippen molar-refractivity contribution in [3.63, 3.8) is 0 Å². The van der Waals surface area contributed by atoms with Gasteiger partial charge in [0.05, 0.1) is 6.10 Å². The second-order valence-corrected chi connectivity index (χ2v) is 3.89. The zero-order valence-electron chi connectivity index (χ0n) is 8.83. The molecule has 0 bridgehead atoms. The summed E-state index contributed by atoms with van der Waals surface area (Å²) in [6, 6.07) is 7.59. The highest BCUT2D eigenvalue weighted by atomic mass is 35.5. The van der Waals surface area contributed by atoms with Gasteiger partial charge in [0.2, 0.25) is 0 Å². The van der Waals surface area contributed by atoms with Gasteiger partial charge in [-0.15, -0.1) is 11.8 Å². The molecule has 1 aromatic rings. The molecule has 1 unspecified atom stereocenters. The predicted molar refractivity (Wildman–Crippen MR) is 63.8 cm³/mol. The smallest absolute Gasteiger partial charge is 0.0589 e. The van der Waals surface area contributed by atoms with E-state index in [1.807, 2.05) is 31.2 Å². The number of rotatable bonds is 4. The molecule has 1 aromatic carbocycles. The zero-order valence-corrected chi connectivity index (χ0v) is 9.59. The minimum atomic E-state index is -0.329. The van der Waals surface area contributed by atoms with Gasteiger partial charge in [0, 0.05) is 11.4 Å². The van der Waals surface area contributed by atoms with E-state index in [0.29, 0.717) is 17.9 Å². The van der Waals surface area contributed by atoms with E-state index in [9.17, 15) is 5.11 Å². The summed E-state index contributed by atoms with van der Waals surface area (Å²) < 4.78 is 0. The monoisotopic (exact) mass is 222 g/mol. The quantitative estimate of drug-likeness (QED) is 0.777. The summed E-state index contributed by atoms with van der Waals surface area (Å²) in [7, 11) is 0.